The zero-order chi connectivity index (χ0) is 24.5. The van der Waals surface area contributed by atoms with Gasteiger partial charge in [0.05, 0.1) is 24.7 Å². The predicted molar refractivity (Wildman–Crippen MR) is 141 cm³/mol. The Morgan fingerprint density at radius 3 is 2.37 bits per heavy atom. The van der Waals surface area contributed by atoms with Crippen molar-refractivity contribution in [2.24, 2.45) is 0 Å². The van der Waals surface area contributed by atoms with Crippen LogP contribution in [0.2, 0.25) is 0 Å². The molecule has 2 aliphatic heterocycles. The average Bonchev–Trinajstić information content (AvgIpc) is 3.28. The summed E-state index contributed by atoms with van der Waals surface area (Å²) >= 11 is 1.01. The Morgan fingerprint density at radius 2 is 1.66 bits per heavy atom. The highest BCUT2D eigenvalue weighted by Crippen LogP contribution is 2.35. The van der Waals surface area contributed by atoms with Crippen molar-refractivity contribution >= 4 is 34.7 Å². The molecule has 2 aliphatic rings. The summed E-state index contributed by atoms with van der Waals surface area (Å²) in [5.41, 5.74) is 7.38. The van der Waals surface area contributed by atoms with E-state index in [0.717, 1.165) is 71.8 Å². The van der Waals surface area contributed by atoms with E-state index in [2.05, 4.69) is 46.7 Å². The van der Waals surface area contributed by atoms with E-state index in [1.54, 1.807) is 0 Å². The molecule has 0 N–H and O–H groups in total. The number of morpholine rings is 1. The second-order valence-corrected chi connectivity index (χ2v) is 10.0. The topological polar surface area (TPSA) is 54.8 Å². The summed E-state index contributed by atoms with van der Waals surface area (Å²) < 4.78 is 7.64. The van der Waals surface area contributed by atoms with E-state index in [4.69, 9.17) is 4.74 Å². The van der Waals surface area contributed by atoms with Gasteiger partial charge in [0.1, 0.15) is 0 Å². The number of anilines is 1. The summed E-state index contributed by atoms with van der Waals surface area (Å²) in [5, 5.41) is -0.227. The molecule has 3 heterocycles. The van der Waals surface area contributed by atoms with Crippen LogP contribution in [-0.4, -0.2) is 46.9 Å². The fraction of sp³-hybridized carbons (Fsp3) is 0.286. The molecule has 1 aromatic heterocycles. The van der Waals surface area contributed by atoms with Gasteiger partial charge < -0.3 is 14.2 Å². The Morgan fingerprint density at radius 1 is 0.943 bits per heavy atom. The minimum atomic E-state index is -0.235. The van der Waals surface area contributed by atoms with Gasteiger partial charge in [0.25, 0.3) is 11.1 Å². The molecular formula is C28H29N3O3S. The average molecular weight is 488 g/mol. The summed E-state index contributed by atoms with van der Waals surface area (Å²) in [6.45, 7) is 9.74. The smallest absolute Gasteiger partial charge is 0.293 e. The molecule has 2 fully saturated rings. The lowest BCUT2D eigenvalue weighted by molar-refractivity contribution is -0.123. The third-order valence-corrected chi connectivity index (χ3v) is 7.45. The largest absolute Gasteiger partial charge is 0.378 e. The van der Waals surface area contributed by atoms with Crippen LogP contribution in [0, 0.1) is 20.8 Å². The third-order valence-electron chi connectivity index (χ3n) is 6.54. The van der Waals surface area contributed by atoms with Crippen LogP contribution in [0.4, 0.5) is 10.5 Å². The first-order chi connectivity index (χ1) is 16.9. The Hall–Kier alpha value is -3.29. The Bertz CT molecular complexity index is 1300. The number of rotatable bonds is 5. The molecule has 2 aromatic carbocycles. The first-order valence-electron chi connectivity index (χ1n) is 11.8. The van der Waals surface area contributed by atoms with E-state index in [1.165, 1.54) is 10.6 Å². The van der Waals surface area contributed by atoms with Crippen LogP contribution in [0.15, 0.2) is 59.5 Å². The first-order valence-corrected chi connectivity index (χ1v) is 12.7. The molecule has 0 aliphatic carbocycles. The van der Waals surface area contributed by atoms with Gasteiger partial charge in [-0.05, 0) is 80.1 Å². The van der Waals surface area contributed by atoms with Crippen molar-refractivity contribution in [1.82, 2.24) is 9.47 Å². The Kier molecular flexibility index (Phi) is 6.54. The van der Waals surface area contributed by atoms with Crippen LogP contribution < -0.4 is 4.90 Å². The third kappa shape index (κ3) is 4.79. The first kappa shape index (κ1) is 23.5. The number of benzene rings is 2. The number of imide groups is 1. The number of thioether (sulfide) groups is 1. The zero-order valence-electron chi connectivity index (χ0n) is 20.3. The number of aryl methyl sites for hydroxylation is 2. The van der Waals surface area contributed by atoms with Crippen molar-refractivity contribution in [3.63, 3.8) is 0 Å². The van der Waals surface area contributed by atoms with Crippen LogP contribution in [0.5, 0.6) is 0 Å². The molecule has 3 aromatic rings. The van der Waals surface area contributed by atoms with Gasteiger partial charge >= 0.3 is 0 Å². The Balaban J connectivity index is 1.37. The van der Waals surface area contributed by atoms with E-state index in [0.29, 0.717) is 4.91 Å². The molecule has 5 rings (SSSR count). The molecule has 0 spiro atoms. The maximum Gasteiger partial charge on any atom is 0.293 e. The van der Waals surface area contributed by atoms with Crippen molar-refractivity contribution in [1.29, 1.82) is 0 Å². The monoisotopic (exact) mass is 487 g/mol. The van der Waals surface area contributed by atoms with Crippen molar-refractivity contribution in [2.75, 3.05) is 31.2 Å². The van der Waals surface area contributed by atoms with Crippen LogP contribution in [0.25, 0.3) is 11.8 Å². The van der Waals surface area contributed by atoms with Crippen LogP contribution in [0.3, 0.4) is 0 Å². The van der Waals surface area contributed by atoms with E-state index >= 15 is 0 Å². The fourth-order valence-electron chi connectivity index (χ4n) is 4.74. The molecular weight excluding hydrogens is 458 g/mol. The number of aromatic nitrogens is 1. The van der Waals surface area contributed by atoms with Gasteiger partial charge in [-0.25, -0.2) is 0 Å². The maximum atomic E-state index is 13.1. The van der Waals surface area contributed by atoms with Crippen LogP contribution >= 0.6 is 11.8 Å². The number of carbonyl (C=O) groups excluding carboxylic acids is 2. The quantitative estimate of drug-likeness (QED) is 0.447. The summed E-state index contributed by atoms with van der Waals surface area (Å²) in [7, 11) is 0. The molecule has 7 heteroatoms. The minimum Gasteiger partial charge on any atom is -0.378 e. The second kappa shape index (κ2) is 9.76. The lowest BCUT2D eigenvalue weighted by atomic mass is 10.1. The number of amides is 2. The lowest BCUT2D eigenvalue weighted by Crippen LogP contribution is -2.36. The second-order valence-electron chi connectivity index (χ2n) is 9.03. The zero-order valence-corrected chi connectivity index (χ0v) is 21.1. The highest BCUT2D eigenvalue weighted by atomic mass is 32.2. The van der Waals surface area contributed by atoms with Gasteiger partial charge in [-0.1, -0.05) is 29.8 Å². The number of hydrogen-bond acceptors (Lipinski definition) is 5. The molecule has 6 nitrogen and oxygen atoms in total. The van der Waals surface area contributed by atoms with Gasteiger partial charge in [0, 0.05) is 35.9 Å². The molecule has 35 heavy (non-hydrogen) atoms. The molecule has 2 amide bonds. The van der Waals surface area contributed by atoms with E-state index in [9.17, 15) is 9.59 Å². The van der Waals surface area contributed by atoms with Crippen LogP contribution in [0.1, 0.15) is 28.1 Å². The number of hydrogen-bond donors (Lipinski definition) is 0. The Labute approximate surface area is 210 Å². The normalized spacial score (nSPS) is 17.6. The number of ether oxygens (including phenoxy) is 1. The van der Waals surface area contributed by atoms with Crippen molar-refractivity contribution in [3.8, 4) is 5.69 Å². The van der Waals surface area contributed by atoms with Crippen molar-refractivity contribution in [2.45, 2.75) is 27.3 Å². The number of nitrogens with zero attached hydrogens (tertiary/aromatic N) is 3. The van der Waals surface area contributed by atoms with E-state index in [1.807, 2.05) is 44.2 Å². The van der Waals surface area contributed by atoms with E-state index < -0.39 is 0 Å². The SMILES string of the molecule is Cc1cccc(CN2C(=O)S/C(=C\c3cc(C)n(-c4ccc(N5CCOCC5)cc4)c3C)C2=O)c1. The van der Waals surface area contributed by atoms with E-state index in [-0.39, 0.29) is 17.7 Å². The molecule has 0 bridgehead atoms. The number of carbonyl (C=O) groups is 2. The maximum absolute atomic E-state index is 13.1. The van der Waals surface area contributed by atoms with Gasteiger partial charge in [-0.3, -0.25) is 14.5 Å². The summed E-state index contributed by atoms with van der Waals surface area (Å²) in [5.74, 6) is -0.235. The molecule has 0 atom stereocenters. The molecule has 180 valence electrons. The van der Waals surface area contributed by atoms with Gasteiger partial charge in [-0.2, -0.15) is 0 Å². The summed E-state index contributed by atoms with van der Waals surface area (Å²) in [6, 6.07) is 18.5. The summed E-state index contributed by atoms with van der Waals surface area (Å²) in [6.07, 6.45) is 1.85. The summed E-state index contributed by atoms with van der Waals surface area (Å²) in [4.78, 5) is 29.8. The predicted octanol–water partition coefficient (Wildman–Crippen LogP) is 5.48. The molecule has 0 radical (unpaired) electrons. The molecule has 0 saturated carbocycles. The van der Waals surface area contributed by atoms with Gasteiger partial charge in [0.15, 0.2) is 0 Å². The highest BCUT2D eigenvalue weighted by molar-refractivity contribution is 8.18. The van der Waals surface area contributed by atoms with Crippen LogP contribution in [-0.2, 0) is 16.1 Å². The van der Waals surface area contributed by atoms with Gasteiger partial charge in [-0.15, -0.1) is 0 Å². The fourth-order valence-corrected chi connectivity index (χ4v) is 5.56. The minimum absolute atomic E-state index is 0.227. The van der Waals surface area contributed by atoms with Gasteiger partial charge in [0.2, 0.25) is 0 Å². The molecule has 2 saturated heterocycles. The standard InChI is InChI=1S/C28H29N3O3S/c1-19-5-4-6-22(15-19)18-30-27(32)26(35-28(30)33)17-23-16-20(2)31(21(23)3)25-9-7-24(8-10-25)29-11-13-34-14-12-29/h4-10,15-17H,11-14,18H2,1-3H3/b26-17-. The highest BCUT2D eigenvalue weighted by Gasteiger charge is 2.35. The lowest BCUT2D eigenvalue weighted by Gasteiger charge is -2.29. The van der Waals surface area contributed by atoms with Crippen molar-refractivity contribution in [3.05, 3.63) is 87.6 Å². The van der Waals surface area contributed by atoms with Crippen molar-refractivity contribution < 1.29 is 14.3 Å². The molecule has 0 unspecified atom stereocenters.